The molecule has 1 fully saturated rings. The van der Waals surface area contributed by atoms with Crippen LogP contribution in [0, 0.1) is 11.3 Å². The molecule has 15 heavy (non-hydrogen) atoms. The molecule has 1 aromatic heterocycles. The van der Waals surface area contributed by atoms with Gasteiger partial charge in [-0.2, -0.15) is 0 Å². The van der Waals surface area contributed by atoms with Gasteiger partial charge in [-0.15, -0.1) is 0 Å². The first-order valence-corrected chi connectivity index (χ1v) is 5.92. The van der Waals surface area contributed by atoms with Crippen molar-refractivity contribution in [2.24, 2.45) is 11.3 Å². The molecule has 0 saturated heterocycles. The number of hydrogen-bond donors (Lipinski definition) is 1. The second-order valence-corrected chi connectivity index (χ2v) is 5.25. The minimum Gasteiger partial charge on any atom is -0.468 e. The summed E-state index contributed by atoms with van der Waals surface area (Å²) in [6.07, 6.45) is 4.24. The molecular formula is C13H21NO. The highest BCUT2D eigenvalue weighted by Gasteiger charge is 2.51. The molecule has 84 valence electrons. The van der Waals surface area contributed by atoms with Crippen LogP contribution >= 0.6 is 0 Å². The van der Waals surface area contributed by atoms with Crippen LogP contribution in [0.3, 0.4) is 0 Å². The van der Waals surface area contributed by atoms with Crippen molar-refractivity contribution >= 4 is 0 Å². The highest BCUT2D eigenvalue weighted by molar-refractivity contribution is 5.13. The Balaban J connectivity index is 2.04. The van der Waals surface area contributed by atoms with E-state index in [0.717, 1.165) is 18.2 Å². The molecule has 0 radical (unpaired) electrons. The van der Waals surface area contributed by atoms with Crippen LogP contribution < -0.4 is 5.32 Å². The zero-order valence-electron chi connectivity index (χ0n) is 9.92. The fourth-order valence-corrected chi connectivity index (χ4v) is 2.29. The van der Waals surface area contributed by atoms with E-state index in [1.54, 1.807) is 6.26 Å². The van der Waals surface area contributed by atoms with Gasteiger partial charge in [-0.05, 0) is 42.9 Å². The van der Waals surface area contributed by atoms with Gasteiger partial charge in [-0.1, -0.05) is 20.8 Å². The molecule has 2 atom stereocenters. The summed E-state index contributed by atoms with van der Waals surface area (Å²) in [5.74, 6) is 1.83. The van der Waals surface area contributed by atoms with Crippen LogP contribution in [-0.2, 0) is 0 Å². The van der Waals surface area contributed by atoms with Crippen molar-refractivity contribution in [3.8, 4) is 0 Å². The van der Waals surface area contributed by atoms with Gasteiger partial charge in [0.2, 0.25) is 0 Å². The van der Waals surface area contributed by atoms with Crippen LogP contribution in [0.5, 0.6) is 0 Å². The lowest BCUT2D eigenvalue weighted by Gasteiger charge is -2.17. The summed E-state index contributed by atoms with van der Waals surface area (Å²) >= 11 is 0. The van der Waals surface area contributed by atoms with Crippen molar-refractivity contribution in [3.05, 3.63) is 24.2 Å². The smallest absolute Gasteiger partial charge is 0.120 e. The van der Waals surface area contributed by atoms with E-state index in [4.69, 9.17) is 4.42 Å². The monoisotopic (exact) mass is 207 g/mol. The van der Waals surface area contributed by atoms with Crippen LogP contribution in [0.4, 0.5) is 0 Å². The lowest BCUT2D eigenvalue weighted by molar-refractivity contribution is 0.350. The molecule has 1 N–H and O–H groups in total. The third-order valence-electron chi connectivity index (χ3n) is 3.46. The number of nitrogens with one attached hydrogen (secondary N) is 1. The lowest BCUT2D eigenvalue weighted by Crippen LogP contribution is -2.25. The number of furan rings is 1. The molecule has 2 rings (SSSR count). The van der Waals surface area contributed by atoms with Crippen LogP contribution in [0.15, 0.2) is 22.8 Å². The lowest BCUT2D eigenvalue weighted by atomic mass is 10.0. The highest BCUT2D eigenvalue weighted by atomic mass is 16.3. The van der Waals surface area contributed by atoms with Gasteiger partial charge in [-0.3, -0.25) is 0 Å². The molecule has 1 saturated carbocycles. The summed E-state index contributed by atoms with van der Waals surface area (Å²) in [4.78, 5) is 0. The maximum absolute atomic E-state index is 5.52. The molecular weight excluding hydrogens is 186 g/mol. The molecule has 0 aromatic carbocycles. The second-order valence-electron chi connectivity index (χ2n) is 5.25. The third-order valence-corrected chi connectivity index (χ3v) is 3.46. The minimum absolute atomic E-state index is 0.412. The zero-order chi connectivity index (χ0) is 10.9. The summed E-state index contributed by atoms with van der Waals surface area (Å²) in [5, 5.41) is 3.60. The normalized spacial score (nSPS) is 25.1. The van der Waals surface area contributed by atoms with Crippen LogP contribution in [0.2, 0.25) is 0 Å². The summed E-state index contributed by atoms with van der Waals surface area (Å²) in [6, 6.07) is 4.47. The second kappa shape index (κ2) is 4.01. The first-order valence-electron chi connectivity index (χ1n) is 5.92. The fourth-order valence-electron chi connectivity index (χ4n) is 2.29. The average Bonchev–Trinajstić information content (AvgIpc) is 2.68. The van der Waals surface area contributed by atoms with E-state index >= 15 is 0 Å². The maximum atomic E-state index is 5.52. The molecule has 2 heteroatoms. The molecule has 1 aliphatic rings. The highest BCUT2D eigenvalue weighted by Crippen LogP contribution is 2.57. The van der Waals surface area contributed by atoms with E-state index < -0.39 is 0 Å². The van der Waals surface area contributed by atoms with E-state index in [9.17, 15) is 0 Å². The minimum atomic E-state index is 0.412. The third kappa shape index (κ3) is 2.25. The molecule has 1 heterocycles. The van der Waals surface area contributed by atoms with Crippen molar-refractivity contribution in [1.29, 1.82) is 0 Å². The van der Waals surface area contributed by atoms with E-state index in [0.29, 0.717) is 11.5 Å². The summed E-state index contributed by atoms with van der Waals surface area (Å²) in [7, 11) is 0. The Bertz CT molecular complexity index is 302. The molecule has 0 spiro atoms. The first kappa shape index (κ1) is 10.7. The van der Waals surface area contributed by atoms with Gasteiger partial charge >= 0.3 is 0 Å². The van der Waals surface area contributed by atoms with E-state index in [2.05, 4.69) is 32.2 Å². The Morgan fingerprint density at radius 1 is 1.60 bits per heavy atom. The molecule has 0 aliphatic heterocycles. The van der Waals surface area contributed by atoms with Gasteiger partial charge in [0.05, 0.1) is 12.3 Å². The number of hydrogen-bond acceptors (Lipinski definition) is 2. The Morgan fingerprint density at radius 2 is 2.33 bits per heavy atom. The summed E-state index contributed by atoms with van der Waals surface area (Å²) < 4.78 is 5.52. The Hall–Kier alpha value is -0.760. The average molecular weight is 207 g/mol. The maximum Gasteiger partial charge on any atom is 0.120 e. The van der Waals surface area contributed by atoms with Crippen molar-refractivity contribution in [2.75, 3.05) is 6.54 Å². The van der Waals surface area contributed by atoms with Gasteiger partial charge in [0.25, 0.3) is 0 Å². The topological polar surface area (TPSA) is 25.2 Å². The molecule has 1 aliphatic carbocycles. The van der Waals surface area contributed by atoms with Crippen molar-refractivity contribution in [1.82, 2.24) is 5.32 Å². The SMILES string of the molecule is CCCNC(c1ccco1)C1CC1(C)C. The summed E-state index contributed by atoms with van der Waals surface area (Å²) in [6.45, 7) is 7.94. The largest absolute Gasteiger partial charge is 0.468 e. The molecule has 2 unspecified atom stereocenters. The number of rotatable bonds is 5. The summed E-state index contributed by atoms with van der Waals surface area (Å²) in [5.41, 5.74) is 0.484. The van der Waals surface area contributed by atoms with Gasteiger partial charge < -0.3 is 9.73 Å². The Kier molecular flexibility index (Phi) is 2.87. The van der Waals surface area contributed by atoms with Gasteiger partial charge in [0.1, 0.15) is 5.76 Å². The van der Waals surface area contributed by atoms with E-state index in [-0.39, 0.29) is 0 Å². The standard InChI is InChI=1S/C13H21NO/c1-4-7-14-12(10-9-13(10,2)3)11-6-5-8-15-11/h5-6,8,10,12,14H,4,7,9H2,1-3H3. The Labute approximate surface area is 92.1 Å². The predicted molar refractivity (Wildman–Crippen MR) is 61.6 cm³/mol. The van der Waals surface area contributed by atoms with Gasteiger partial charge in [-0.25, -0.2) is 0 Å². The molecule has 2 nitrogen and oxygen atoms in total. The van der Waals surface area contributed by atoms with E-state index in [1.807, 2.05) is 6.07 Å². The van der Waals surface area contributed by atoms with Crippen molar-refractivity contribution < 1.29 is 4.42 Å². The van der Waals surface area contributed by atoms with Gasteiger partial charge in [0, 0.05) is 0 Å². The van der Waals surface area contributed by atoms with Crippen molar-refractivity contribution in [2.45, 2.75) is 39.7 Å². The molecule has 0 bridgehead atoms. The molecule has 1 aromatic rings. The van der Waals surface area contributed by atoms with Crippen LogP contribution in [0.25, 0.3) is 0 Å². The predicted octanol–water partition coefficient (Wildman–Crippen LogP) is 3.37. The quantitative estimate of drug-likeness (QED) is 0.800. The fraction of sp³-hybridized carbons (Fsp3) is 0.692. The zero-order valence-corrected chi connectivity index (χ0v) is 9.92. The van der Waals surface area contributed by atoms with Crippen LogP contribution in [0.1, 0.15) is 45.4 Å². The molecule has 0 amide bonds. The first-order chi connectivity index (χ1) is 7.15. The Morgan fingerprint density at radius 3 is 2.80 bits per heavy atom. The van der Waals surface area contributed by atoms with Crippen molar-refractivity contribution in [3.63, 3.8) is 0 Å². The van der Waals surface area contributed by atoms with Crippen LogP contribution in [-0.4, -0.2) is 6.54 Å². The van der Waals surface area contributed by atoms with E-state index in [1.165, 1.54) is 12.8 Å². The van der Waals surface area contributed by atoms with Gasteiger partial charge in [0.15, 0.2) is 0 Å².